The minimum atomic E-state index is -1.03. The maximum absolute atomic E-state index is 12.1. The molecule has 0 aromatic heterocycles. The maximum atomic E-state index is 12.1. The topological polar surface area (TPSA) is 74.7 Å². The van der Waals surface area contributed by atoms with E-state index in [-0.39, 0.29) is 18.2 Å². The van der Waals surface area contributed by atoms with Crippen molar-refractivity contribution < 1.29 is 18.9 Å². The highest BCUT2D eigenvalue weighted by atomic mass is 32.2. The quantitative estimate of drug-likeness (QED) is 0.820. The lowest BCUT2D eigenvalue weighted by Gasteiger charge is -2.33. The molecule has 1 aliphatic rings. The molecule has 1 atom stereocenters. The SMILES string of the molecule is CC(C)C(C)(CC(=O)N1CCS(=O)CC1)C(=O)O. The molecule has 1 unspecified atom stereocenters. The average Bonchev–Trinajstić information content (AvgIpc) is 2.29. The van der Waals surface area contributed by atoms with Crippen LogP contribution in [0.25, 0.3) is 0 Å². The first-order valence-corrected chi connectivity index (χ1v) is 7.62. The van der Waals surface area contributed by atoms with Gasteiger partial charge in [-0.25, -0.2) is 0 Å². The van der Waals surface area contributed by atoms with E-state index in [0.29, 0.717) is 24.6 Å². The van der Waals surface area contributed by atoms with Gasteiger partial charge in [0.05, 0.1) is 5.41 Å². The predicted octanol–water partition coefficient (Wildman–Crippen LogP) is 0.714. The van der Waals surface area contributed by atoms with Gasteiger partial charge in [0, 0.05) is 41.8 Å². The fourth-order valence-corrected chi connectivity index (χ4v) is 2.89. The van der Waals surface area contributed by atoms with Crippen LogP contribution in [0.5, 0.6) is 0 Å². The summed E-state index contributed by atoms with van der Waals surface area (Å²) < 4.78 is 11.2. The number of nitrogens with zero attached hydrogens (tertiary/aromatic N) is 1. The van der Waals surface area contributed by atoms with E-state index in [9.17, 15) is 18.9 Å². The van der Waals surface area contributed by atoms with Crippen molar-refractivity contribution in [3.05, 3.63) is 0 Å². The van der Waals surface area contributed by atoms with Gasteiger partial charge < -0.3 is 10.0 Å². The summed E-state index contributed by atoms with van der Waals surface area (Å²) in [5.41, 5.74) is -1.03. The van der Waals surface area contributed by atoms with Crippen LogP contribution >= 0.6 is 0 Å². The molecular formula is C12H21NO4S. The number of hydrogen-bond acceptors (Lipinski definition) is 3. The second kappa shape index (κ2) is 5.82. The number of carbonyl (C=O) groups is 2. The van der Waals surface area contributed by atoms with Gasteiger partial charge in [-0.2, -0.15) is 0 Å². The van der Waals surface area contributed by atoms with Crippen LogP contribution in [0.3, 0.4) is 0 Å². The van der Waals surface area contributed by atoms with Gasteiger partial charge in [-0.1, -0.05) is 13.8 Å². The third-order valence-electron chi connectivity index (χ3n) is 3.81. The Bertz CT molecular complexity index is 359. The number of carboxylic acids is 1. The molecule has 104 valence electrons. The van der Waals surface area contributed by atoms with Crippen LogP contribution in [0, 0.1) is 11.3 Å². The lowest BCUT2D eigenvalue weighted by Crippen LogP contribution is -2.45. The van der Waals surface area contributed by atoms with Crippen LogP contribution in [0.1, 0.15) is 27.2 Å². The van der Waals surface area contributed by atoms with Crippen LogP contribution < -0.4 is 0 Å². The van der Waals surface area contributed by atoms with Gasteiger partial charge >= 0.3 is 5.97 Å². The van der Waals surface area contributed by atoms with Gasteiger partial charge in [0.1, 0.15) is 0 Å². The zero-order valence-corrected chi connectivity index (χ0v) is 12.0. The van der Waals surface area contributed by atoms with E-state index in [1.165, 1.54) is 0 Å². The summed E-state index contributed by atoms with van der Waals surface area (Å²) in [5.74, 6) is -0.205. The van der Waals surface area contributed by atoms with E-state index in [1.807, 2.05) is 13.8 Å². The second-order valence-corrected chi connectivity index (χ2v) is 6.98. The Labute approximate surface area is 110 Å². The molecule has 1 N–H and O–H groups in total. The predicted molar refractivity (Wildman–Crippen MR) is 69.7 cm³/mol. The van der Waals surface area contributed by atoms with Crippen LogP contribution in [0.2, 0.25) is 0 Å². The van der Waals surface area contributed by atoms with Crippen molar-refractivity contribution >= 4 is 22.7 Å². The highest BCUT2D eigenvalue weighted by Gasteiger charge is 2.40. The number of rotatable bonds is 4. The summed E-state index contributed by atoms with van der Waals surface area (Å²) in [4.78, 5) is 25.0. The van der Waals surface area contributed by atoms with Gasteiger partial charge in [0.15, 0.2) is 0 Å². The molecule has 1 amide bonds. The molecule has 0 aromatic rings. The van der Waals surface area contributed by atoms with Crippen molar-refractivity contribution in [3.63, 3.8) is 0 Å². The third-order valence-corrected chi connectivity index (χ3v) is 5.09. The van der Waals surface area contributed by atoms with Crippen molar-refractivity contribution in [2.45, 2.75) is 27.2 Å². The molecule has 0 spiro atoms. The van der Waals surface area contributed by atoms with Gasteiger partial charge in [-0.15, -0.1) is 0 Å². The van der Waals surface area contributed by atoms with E-state index >= 15 is 0 Å². The van der Waals surface area contributed by atoms with Crippen LogP contribution in [-0.4, -0.2) is 50.7 Å². The van der Waals surface area contributed by atoms with Gasteiger partial charge in [-0.3, -0.25) is 13.8 Å². The first-order chi connectivity index (χ1) is 8.27. The Morgan fingerprint density at radius 2 is 1.83 bits per heavy atom. The Morgan fingerprint density at radius 3 is 2.22 bits per heavy atom. The van der Waals surface area contributed by atoms with E-state index in [4.69, 9.17) is 0 Å². The molecule has 1 rings (SSSR count). The van der Waals surface area contributed by atoms with Crippen molar-refractivity contribution in [1.82, 2.24) is 4.90 Å². The average molecular weight is 275 g/mol. The van der Waals surface area contributed by atoms with E-state index in [2.05, 4.69) is 0 Å². The molecule has 1 fully saturated rings. The Balaban J connectivity index is 2.68. The molecule has 1 heterocycles. The smallest absolute Gasteiger partial charge is 0.310 e. The van der Waals surface area contributed by atoms with E-state index in [1.54, 1.807) is 11.8 Å². The van der Waals surface area contributed by atoms with E-state index in [0.717, 1.165) is 0 Å². The highest BCUT2D eigenvalue weighted by molar-refractivity contribution is 7.85. The molecule has 0 aliphatic carbocycles. The van der Waals surface area contributed by atoms with Crippen LogP contribution in [0.4, 0.5) is 0 Å². The van der Waals surface area contributed by atoms with Gasteiger partial charge in [-0.05, 0) is 12.8 Å². The Hall–Kier alpha value is -0.910. The number of carboxylic acid groups (broad SMARTS) is 1. The second-order valence-electron chi connectivity index (χ2n) is 5.28. The standard InChI is InChI=1S/C12H21NO4S/c1-9(2)12(3,11(15)16)8-10(14)13-4-6-18(17)7-5-13/h9H,4-8H2,1-3H3,(H,15,16). The van der Waals surface area contributed by atoms with Crippen molar-refractivity contribution in [2.24, 2.45) is 11.3 Å². The van der Waals surface area contributed by atoms with Gasteiger partial charge in [0.2, 0.25) is 5.91 Å². The minimum absolute atomic E-state index is 0.00658. The molecule has 0 aromatic carbocycles. The largest absolute Gasteiger partial charge is 0.481 e. The first-order valence-electron chi connectivity index (χ1n) is 6.13. The lowest BCUT2D eigenvalue weighted by atomic mass is 9.76. The molecule has 0 saturated carbocycles. The van der Waals surface area contributed by atoms with Crippen LogP contribution in [-0.2, 0) is 20.4 Å². The number of aliphatic carboxylic acids is 1. The minimum Gasteiger partial charge on any atom is -0.481 e. The fourth-order valence-electron chi connectivity index (χ4n) is 1.84. The molecule has 1 saturated heterocycles. The normalized spacial score (nSPS) is 20.8. The molecule has 0 radical (unpaired) electrons. The number of carbonyl (C=O) groups excluding carboxylic acids is 1. The fraction of sp³-hybridized carbons (Fsp3) is 0.833. The van der Waals surface area contributed by atoms with Crippen molar-refractivity contribution in [1.29, 1.82) is 0 Å². The summed E-state index contributed by atoms with van der Waals surface area (Å²) in [5, 5.41) is 9.27. The summed E-state index contributed by atoms with van der Waals surface area (Å²) >= 11 is 0. The molecule has 6 heteroatoms. The molecule has 18 heavy (non-hydrogen) atoms. The van der Waals surface area contributed by atoms with Crippen LogP contribution in [0.15, 0.2) is 0 Å². The third kappa shape index (κ3) is 3.31. The number of hydrogen-bond donors (Lipinski definition) is 1. The Kier molecular flexibility index (Phi) is 4.90. The zero-order valence-electron chi connectivity index (χ0n) is 11.1. The maximum Gasteiger partial charge on any atom is 0.310 e. The highest BCUT2D eigenvalue weighted by Crippen LogP contribution is 2.32. The summed E-state index contributed by atoms with van der Waals surface area (Å²) in [6, 6.07) is 0. The summed E-state index contributed by atoms with van der Waals surface area (Å²) in [7, 11) is -0.828. The molecule has 0 bridgehead atoms. The van der Waals surface area contributed by atoms with Crippen molar-refractivity contribution in [3.8, 4) is 0 Å². The van der Waals surface area contributed by atoms with Crippen molar-refractivity contribution in [2.75, 3.05) is 24.6 Å². The molecular weight excluding hydrogens is 254 g/mol. The van der Waals surface area contributed by atoms with E-state index < -0.39 is 22.2 Å². The molecule has 5 nitrogen and oxygen atoms in total. The first kappa shape index (κ1) is 15.1. The monoisotopic (exact) mass is 275 g/mol. The summed E-state index contributed by atoms with van der Waals surface area (Å²) in [6.07, 6.45) is 0.00658. The lowest BCUT2D eigenvalue weighted by molar-refractivity contribution is -0.155. The summed E-state index contributed by atoms with van der Waals surface area (Å²) in [6.45, 7) is 6.18. The van der Waals surface area contributed by atoms with Gasteiger partial charge in [0.25, 0.3) is 0 Å². The molecule has 1 aliphatic heterocycles. The Morgan fingerprint density at radius 1 is 1.33 bits per heavy atom. The number of amides is 1. The zero-order chi connectivity index (χ0) is 13.9.